The zero-order chi connectivity index (χ0) is 20.3. The summed E-state index contributed by atoms with van der Waals surface area (Å²) in [6, 6.07) is 4.44. The van der Waals surface area contributed by atoms with Crippen LogP contribution < -0.4 is 10.1 Å². The maximum Gasteiger partial charge on any atom is 0.270 e. The molecule has 0 bridgehead atoms. The van der Waals surface area contributed by atoms with Crippen molar-refractivity contribution in [2.45, 2.75) is 45.6 Å². The van der Waals surface area contributed by atoms with E-state index in [9.17, 15) is 9.18 Å². The zero-order valence-corrected chi connectivity index (χ0v) is 16.6. The van der Waals surface area contributed by atoms with Gasteiger partial charge in [-0.1, -0.05) is 0 Å². The van der Waals surface area contributed by atoms with Gasteiger partial charge in [0.05, 0.1) is 38.2 Å². The molecule has 1 N–H and O–H groups in total. The summed E-state index contributed by atoms with van der Waals surface area (Å²) in [7, 11) is 3.11. The largest absolute Gasteiger partial charge is 0.497 e. The van der Waals surface area contributed by atoms with Crippen molar-refractivity contribution in [1.82, 2.24) is 15.1 Å². The van der Waals surface area contributed by atoms with E-state index in [1.165, 1.54) is 13.2 Å². The summed E-state index contributed by atoms with van der Waals surface area (Å²) in [6.07, 6.45) is 0.401. The number of benzene rings is 1. The second-order valence-electron chi connectivity index (χ2n) is 6.86. The lowest BCUT2D eigenvalue weighted by Gasteiger charge is -2.24. The number of hydrogen-bond acceptors (Lipinski definition) is 5. The first kappa shape index (κ1) is 20.3. The van der Waals surface area contributed by atoms with Crippen LogP contribution in [0.25, 0.3) is 0 Å². The fraction of sp³-hybridized carbons (Fsp3) is 0.500. The first-order valence-electron chi connectivity index (χ1n) is 9.29. The van der Waals surface area contributed by atoms with Crippen LogP contribution in [-0.2, 0) is 29.0 Å². The van der Waals surface area contributed by atoms with Crippen LogP contribution in [0.15, 0.2) is 18.2 Å². The molecule has 28 heavy (non-hydrogen) atoms. The Morgan fingerprint density at radius 1 is 1.39 bits per heavy atom. The number of fused-ring (bicyclic) bond motifs is 1. The van der Waals surface area contributed by atoms with E-state index in [2.05, 4.69) is 10.4 Å². The van der Waals surface area contributed by atoms with E-state index >= 15 is 0 Å². The number of nitrogens with one attached hydrogen (secondary N) is 1. The quantitative estimate of drug-likeness (QED) is 0.785. The molecule has 0 fully saturated rings. The van der Waals surface area contributed by atoms with Gasteiger partial charge in [0.25, 0.3) is 5.91 Å². The van der Waals surface area contributed by atoms with E-state index in [1.807, 2.05) is 13.8 Å². The van der Waals surface area contributed by atoms with Crippen molar-refractivity contribution >= 4 is 5.91 Å². The van der Waals surface area contributed by atoms with E-state index in [0.717, 1.165) is 11.3 Å². The first-order chi connectivity index (χ1) is 13.4. The van der Waals surface area contributed by atoms with Crippen molar-refractivity contribution in [2.24, 2.45) is 0 Å². The van der Waals surface area contributed by atoms with Gasteiger partial charge in [-0.2, -0.15) is 5.10 Å². The Labute approximate surface area is 163 Å². The third kappa shape index (κ3) is 4.18. The molecule has 0 saturated carbocycles. The van der Waals surface area contributed by atoms with Crippen molar-refractivity contribution in [3.05, 3.63) is 46.5 Å². The van der Waals surface area contributed by atoms with E-state index in [4.69, 9.17) is 14.2 Å². The summed E-state index contributed by atoms with van der Waals surface area (Å²) >= 11 is 0. The monoisotopic (exact) mass is 391 g/mol. The highest BCUT2D eigenvalue weighted by atomic mass is 19.1. The smallest absolute Gasteiger partial charge is 0.270 e. The molecule has 7 nitrogen and oxygen atoms in total. The van der Waals surface area contributed by atoms with Crippen LogP contribution in [-0.4, -0.2) is 42.6 Å². The maximum atomic E-state index is 14.1. The van der Waals surface area contributed by atoms with E-state index in [0.29, 0.717) is 36.6 Å². The molecule has 3 rings (SSSR count). The molecule has 1 amide bonds. The number of methoxy groups -OCH3 is 2. The molecule has 1 aliphatic heterocycles. The number of ether oxygens (including phenoxy) is 3. The van der Waals surface area contributed by atoms with Crippen LogP contribution in [0.4, 0.5) is 4.39 Å². The lowest BCUT2D eigenvalue weighted by molar-refractivity contribution is -0.00716. The SMILES string of the molecule is COCCn1nc2c(c1C(=O)NCc1cc(OC)ccc1F)C[C@H](C)O[C@@H]2C. The van der Waals surface area contributed by atoms with Crippen LogP contribution in [0.2, 0.25) is 0 Å². The Hall–Kier alpha value is -2.45. The van der Waals surface area contributed by atoms with Crippen LogP contribution in [0.5, 0.6) is 5.75 Å². The summed E-state index contributed by atoms with van der Waals surface area (Å²) < 4.78 is 31.8. The number of nitrogens with zero attached hydrogens (tertiary/aromatic N) is 2. The summed E-state index contributed by atoms with van der Waals surface area (Å²) in [5, 5.41) is 7.39. The fourth-order valence-corrected chi connectivity index (χ4v) is 3.46. The average Bonchev–Trinajstić information content (AvgIpc) is 3.04. The van der Waals surface area contributed by atoms with Gasteiger partial charge in [-0.15, -0.1) is 0 Å². The molecule has 1 aromatic heterocycles. The Balaban J connectivity index is 1.86. The minimum Gasteiger partial charge on any atom is -0.497 e. The van der Waals surface area contributed by atoms with Gasteiger partial charge in [0.2, 0.25) is 0 Å². The number of halogens is 1. The van der Waals surface area contributed by atoms with Gasteiger partial charge in [-0.3, -0.25) is 9.48 Å². The standard InChI is InChI=1S/C20H26FN3O4/c1-12-9-16-18(13(2)28-12)23-24(7-8-26-3)19(16)20(25)22-11-14-10-15(27-4)5-6-17(14)21/h5-6,10,12-13H,7-9,11H2,1-4H3,(H,22,25)/t12-,13+/m0/s1. The molecule has 2 aromatic rings. The highest BCUT2D eigenvalue weighted by Gasteiger charge is 2.32. The topological polar surface area (TPSA) is 74.6 Å². The van der Waals surface area contributed by atoms with Crippen LogP contribution in [0.3, 0.4) is 0 Å². The molecule has 8 heteroatoms. The van der Waals surface area contributed by atoms with Gasteiger partial charge in [-0.05, 0) is 32.0 Å². The van der Waals surface area contributed by atoms with Crippen molar-refractivity contribution in [3.63, 3.8) is 0 Å². The van der Waals surface area contributed by atoms with Crippen LogP contribution >= 0.6 is 0 Å². The summed E-state index contributed by atoms with van der Waals surface area (Å²) in [4.78, 5) is 13.0. The molecule has 152 valence electrons. The van der Waals surface area contributed by atoms with Gasteiger partial charge in [0.15, 0.2) is 0 Å². The molecule has 0 aliphatic carbocycles. The highest BCUT2D eigenvalue weighted by Crippen LogP contribution is 2.31. The lowest BCUT2D eigenvalue weighted by Crippen LogP contribution is -2.29. The molecule has 0 radical (unpaired) electrons. The lowest BCUT2D eigenvalue weighted by atomic mass is 9.99. The average molecular weight is 391 g/mol. The number of carbonyl (C=O) groups is 1. The van der Waals surface area contributed by atoms with Crippen molar-refractivity contribution < 1.29 is 23.4 Å². The number of aromatic nitrogens is 2. The third-order valence-electron chi connectivity index (χ3n) is 4.81. The maximum absolute atomic E-state index is 14.1. The van der Waals surface area contributed by atoms with Crippen LogP contribution in [0, 0.1) is 5.82 Å². The summed E-state index contributed by atoms with van der Waals surface area (Å²) in [6.45, 7) is 4.82. The minimum atomic E-state index is -0.397. The minimum absolute atomic E-state index is 0.00930. The molecule has 1 aliphatic rings. The van der Waals surface area contributed by atoms with Crippen molar-refractivity contribution in [1.29, 1.82) is 0 Å². The van der Waals surface area contributed by atoms with Gasteiger partial charge in [0, 0.05) is 31.2 Å². The first-order valence-corrected chi connectivity index (χ1v) is 9.29. The second-order valence-corrected chi connectivity index (χ2v) is 6.86. The van der Waals surface area contributed by atoms with Gasteiger partial charge < -0.3 is 19.5 Å². The summed E-state index contributed by atoms with van der Waals surface area (Å²) in [5.74, 6) is -0.159. The fourth-order valence-electron chi connectivity index (χ4n) is 3.46. The summed E-state index contributed by atoms with van der Waals surface area (Å²) in [5.41, 5.74) is 2.49. The second kappa shape index (κ2) is 8.70. The Kier molecular flexibility index (Phi) is 6.31. The predicted molar refractivity (Wildman–Crippen MR) is 101 cm³/mol. The molecule has 0 saturated heterocycles. The van der Waals surface area contributed by atoms with E-state index in [1.54, 1.807) is 23.9 Å². The normalized spacial score (nSPS) is 18.6. The molecule has 2 heterocycles. The zero-order valence-electron chi connectivity index (χ0n) is 16.6. The van der Waals surface area contributed by atoms with E-state index < -0.39 is 5.82 Å². The molecular formula is C20H26FN3O4. The van der Waals surface area contributed by atoms with E-state index in [-0.39, 0.29) is 24.7 Å². The van der Waals surface area contributed by atoms with Gasteiger partial charge >= 0.3 is 0 Å². The Morgan fingerprint density at radius 2 is 2.18 bits per heavy atom. The molecule has 0 unspecified atom stereocenters. The molecular weight excluding hydrogens is 365 g/mol. The number of hydrogen-bond donors (Lipinski definition) is 1. The molecule has 0 spiro atoms. The van der Waals surface area contributed by atoms with Gasteiger partial charge in [-0.25, -0.2) is 4.39 Å². The highest BCUT2D eigenvalue weighted by molar-refractivity contribution is 5.94. The predicted octanol–water partition coefficient (Wildman–Crippen LogP) is 2.63. The number of carbonyl (C=O) groups excluding carboxylic acids is 1. The Bertz CT molecular complexity index is 852. The van der Waals surface area contributed by atoms with Gasteiger partial charge in [0.1, 0.15) is 17.3 Å². The third-order valence-corrected chi connectivity index (χ3v) is 4.81. The van der Waals surface area contributed by atoms with Crippen molar-refractivity contribution in [3.8, 4) is 5.75 Å². The molecule has 2 atom stereocenters. The van der Waals surface area contributed by atoms with Crippen LogP contribution in [0.1, 0.15) is 47.3 Å². The Morgan fingerprint density at radius 3 is 2.89 bits per heavy atom. The van der Waals surface area contributed by atoms with Crippen molar-refractivity contribution in [2.75, 3.05) is 20.8 Å². The number of rotatable bonds is 7. The molecule has 1 aromatic carbocycles. The number of amides is 1.